The molecule has 1 atom stereocenters. The van der Waals surface area contributed by atoms with Crippen molar-refractivity contribution >= 4 is 28.7 Å². The highest BCUT2D eigenvalue weighted by Crippen LogP contribution is 2.46. The monoisotopic (exact) mass is 530 g/mol. The van der Waals surface area contributed by atoms with E-state index < -0.39 is 39.9 Å². The van der Waals surface area contributed by atoms with E-state index in [1.807, 2.05) is 0 Å². The Balaban J connectivity index is 1.80. The average Bonchev–Trinajstić information content (AvgIpc) is 2.92. The number of benzene rings is 2. The van der Waals surface area contributed by atoms with Crippen LogP contribution in [0.4, 0.5) is 31.5 Å². The van der Waals surface area contributed by atoms with Gasteiger partial charge in [0.25, 0.3) is 0 Å². The van der Waals surface area contributed by atoms with Gasteiger partial charge >= 0.3 is 11.7 Å². The molecule has 1 aliphatic heterocycles. The van der Waals surface area contributed by atoms with Crippen molar-refractivity contribution in [2.45, 2.75) is 76.8 Å². The molecule has 38 heavy (non-hydrogen) atoms. The quantitative estimate of drug-likeness (QED) is 0.243. The van der Waals surface area contributed by atoms with Crippen LogP contribution >= 0.6 is 0 Å². The van der Waals surface area contributed by atoms with Gasteiger partial charge < -0.3 is 20.6 Å². The number of carboxylic acids is 1. The maximum absolute atomic E-state index is 16.2. The van der Waals surface area contributed by atoms with Crippen LogP contribution in [0.2, 0.25) is 0 Å². The lowest BCUT2D eigenvalue weighted by molar-refractivity contribution is -0.383. The number of hydrogen-bond donors (Lipinski definition) is 3. The predicted octanol–water partition coefficient (Wildman–Crippen LogP) is 6.35. The minimum absolute atomic E-state index is 0.0350. The first-order chi connectivity index (χ1) is 18.3. The van der Waals surface area contributed by atoms with Crippen LogP contribution in [0.25, 0.3) is 0 Å². The third-order valence-electron chi connectivity index (χ3n) is 7.87. The molecule has 1 aliphatic carbocycles. The lowest BCUT2D eigenvalue weighted by Gasteiger charge is -2.35. The highest BCUT2D eigenvalue weighted by molar-refractivity contribution is 5.87. The van der Waals surface area contributed by atoms with Gasteiger partial charge in [0.1, 0.15) is 11.7 Å². The molecule has 1 saturated carbocycles. The van der Waals surface area contributed by atoms with Crippen LogP contribution < -0.4 is 15.5 Å². The minimum atomic E-state index is -1.36. The molecule has 4 rings (SSSR count). The second-order valence-corrected chi connectivity index (χ2v) is 10.4. The number of anilines is 3. The molecule has 3 N–H and O–H groups in total. The zero-order chi connectivity index (χ0) is 27.2. The molecular weight excluding hydrogens is 494 g/mol. The summed E-state index contributed by atoms with van der Waals surface area (Å²) in [6, 6.07) is 7.19. The van der Waals surface area contributed by atoms with Crippen molar-refractivity contribution in [3.8, 4) is 0 Å². The number of rotatable bonds is 10. The van der Waals surface area contributed by atoms with Crippen molar-refractivity contribution in [2.75, 3.05) is 28.6 Å². The van der Waals surface area contributed by atoms with Gasteiger partial charge in [-0.15, -0.1) is 0 Å². The smallest absolute Gasteiger partial charge is 0.326 e. The molecule has 0 bridgehead atoms. The Hall–Kier alpha value is -3.43. The van der Waals surface area contributed by atoms with E-state index in [4.69, 9.17) is 0 Å². The van der Waals surface area contributed by atoms with E-state index in [0.29, 0.717) is 24.6 Å². The molecule has 0 amide bonds. The summed E-state index contributed by atoms with van der Waals surface area (Å²) in [7, 11) is 0. The van der Waals surface area contributed by atoms with Crippen LogP contribution in [-0.2, 0) is 11.2 Å². The second-order valence-electron chi connectivity index (χ2n) is 10.4. The van der Waals surface area contributed by atoms with Gasteiger partial charge in [-0.2, -0.15) is 0 Å². The Morgan fingerprint density at radius 1 is 1.08 bits per heavy atom. The molecule has 0 spiro atoms. The van der Waals surface area contributed by atoms with Crippen LogP contribution in [0.15, 0.2) is 30.3 Å². The first kappa shape index (κ1) is 27.6. The number of aliphatic carboxylic acids is 1. The van der Waals surface area contributed by atoms with Crippen molar-refractivity contribution in [3.63, 3.8) is 0 Å². The fourth-order valence-electron chi connectivity index (χ4n) is 5.63. The lowest BCUT2D eigenvalue weighted by atomic mass is 9.93. The van der Waals surface area contributed by atoms with Gasteiger partial charge in [0.05, 0.1) is 4.92 Å². The van der Waals surface area contributed by atoms with Crippen LogP contribution in [-0.4, -0.2) is 41.2 Å². The third-order valence-corrected chi connectivity index (χ3v) is 7.87. The summed E-state index contributed by atoms with van der Waals surface area (Å²) in [5.74, 6) is -2.96. The number of halogens is 2. The zero-order valence-corrected chi connectivity index (χ0v) is 21.7. The molecule has 206 valence electrons. The molecule has 1 heterocycles. The van der Waals surface area contributed by atoms with Gasteiger partial charge in [-0.3, -0.25) is 10.1 Å². The molecule has 0 unspecified atom stereocenters. The lowest BCUT2D eigenvalue weighted by Crippen LogP contribution is -2.36. The Kier molecular flexibility index (Phi) is 9.01. The number of nitro groups is 1. The van der Waals surface area contributed by atoms with Crippen molar-refractivity contribution in [2.24, 2.45) is 5.92 Å². The Labute approximate surface area is 221 Å². The predicted molar refractivity (Wildman–Crippen MR) is 144 cm³/mol. The molecular formula is C28H36F2N4O4. The van der Waals surface area contributed by atoms with Crippen LogP contribution in [0.5, 0.6) is 0 Å². The average molecular weight is 531 g/mol. The zero-order valence-electron chi connectivity index (χ0n) is 21.7. The van der Waals surface area contributed by atoms with E-state index in [-0.39, 0.29) is 23.8 Å². The summed E-state index contributed by atoms with van der Waals surface area (Å²) in [5, 5.41) is 27.8. The van der Waals surface area contributed by atoms with Crippen molar-refractivity contribution in [3.05, 3.63) is 57.6 Å². The van der Waals surface area contributed by atoms with Crippen molar-refractivity contribution in [1.82, 2.24) is 0 Å². The third kappa shape index (κ3) is 6.16. The number of carboxylic acid groups (broad SMARTS) is 1. The van der Waals surface area contributed by atoms with Gasteiger partial charge in [0.15, 0.2) is 23.0 Å². The molecule has 2 aromatic carbocycles. The molecule has 2 aromatic rings. The minimum Gasteiger partial charge on any atom is -0.480 e. The van der Waals surface area contributed by atoms with Crippen LogP contribution in [0.1, 0.15) is 63.9 Å². The standard InChI is InChI=1S/C28H36F2N4O4/c1-2-18-13-15-33(16-14-18)26-22(29)24(31-20-11-7-4-8-12-20)27(34(37)38)25(23(26)30)32-21(28(35)36)17-19-9-5-3-6-10-19/h3,5-6,9-10,18,20-21,31-32H,2,4,7-8,11-17H2,1H3,(H,35,36)/t21-/m0/s1. The molecule has 0 radical (unpaired) electrons. The van der Waals surface area contributed by atoms with E-state index in [1.54, 1.807) is 35.2 Å². The Bertz CT molecular complexity index is 1130. The second kappa shape index (κ2) is 12.4. The highest BCUT2D eigenvalue weighted by atomic mass is 19.1. The van der Waals surface area contributed by atoms with Gasteiger partial charge in [-0.05, 0) is 37.2 Å². The van der Waals surface area contributed by atoms with E-state index >= 15 is 8.78 Å². The van der Waals surface area contributed by atoms with Crippen LogP contribution in [0, 0.1) is 27.7 Å². The first-order valence-corrected chi connectivity index (χ1v) is 13.5. The van der Waals surface area contributed by atoms with Crippen LogP contribution in [0.3, 0.4) is 0 Å². The molecule has 1 saturated heterocycles. The normalized spacial score (nSPS) is 17.7. The highest BCUT2D eigenvalue weighted by Gasteiger charge is 2.37. The molecule has 2 fully saturated rings. The fraction of sp³-hybridized carbons (Fsp3) is 0.536. The summed E-state index contributed by atoms with van der Waals surface area (Å²) >= 11 is 0. The van der Waals surface area contributed by atoms with E-state index in [0.717, 1.165) is 51.4 Å². The van der Waals surface area contributed by atoms with Gasteiger partial charge in [-0.25, -0.2) is 13.6 Å². The number of piperidine rings is 1. The maximum Gasteiger partial charge on any atom is 0.326 e. The van der Waals surface area contributed by atoms with Gasteiger partial charge in [0, 0.05) is 25.6 Å². The topological polar surface area (TPSA) is 108 Å². The number of hydrogen-bond acceptors (Lipinski definition) is 6. The first-order valence-electron chi connectivity index (χ1n) is 13.5. The number of carbonyl (C=O) groups is 1. The summed E-state index contributed by atoms with van der Waals surface area (Å²) < 4.78 is 32.3. The summed E-state index contributed by atoms with van der Waals surface area (Å²) in [6.45, 7) is 2.91. The van der Waals surface area contributed by atoms with E-state index in [2.05, 4.69) is 17.6 Å². The molecule has 10 heteroatoms. The maximum atomic E-state index is 16.2. The largest absolute Gasteiger partial charge is 0.480 e. The number of nitrogens with zero attached hydrogens (tertiary/aromatic N) is 2. The molecule has 8 nitrogen and oxygen atoms in total. The summed E-state index contributed by atoms with van der Waals surface area (Å²) in [6.07, 6.45) is 6.76. The summed E-state index contributed by atoms with van der Waals surface area (Å²) in [4.78, 5) is 25.2. The van der Waals surface area contributed by atoms with Crippen molar-refractivity contribution in [1.29, 1.82) is 0 Å². The molecule has 0 aromatic heterocycles. The van der Waals surface area contributed by atoms with E-state index in [1.165, 1.54) is 0 Å². The summed E-state index contributed by atoms with van der Waals surface area (Å²) in [5.41, 5.74) is -1.43. The Morgan fingerprint density at radius 2 is 1.71 bits per heavy atom. The molecule has 2 aliphatic rings. The SMILES string of the molecule is CCC1CCN(c2c(F)c(NC3CCCCC3)c([N+](=O)[O-])c(N[C@@H](Cc3ccccc3)C(=O)O)c2F)CC1. The number of nitro benzene ring substituents is 1. The van der Waals surface area contributed by atoms with Gasteiger partial charge in [-0.1, -0.05) is 62.9 Å². The fourth-order valence-corrected chi connectivity index (χ4v) is 5.63. The number of nitrogens with one attached hydrogen (secondary N) is 2. The Morgan fingerprint density at radius 3 is 2.29 bits per heavy atom. The van der Waals surface area contributed by atoms with E-state index in [9.17, 15) is 20.0 Å². The van der Waals surface area contributed by atoms with Crippen molar-refractivity contribution < 1.29 is 23.6 Å². The van der Waals surface area contributed by atoms with Gasteiger partial charge in [0.2, 0.25) is 0 Å².